The molecule has 8 nitrogen and oxygen atoms in total. The highest BCUT2D eigenvalue weighted by Crippen LogP contribution is 2.36. The first-order valence-corrected chi connectivity index (χ1v) is 10.4. The number of benzene rings is 2. The Labute approximate surface area is 193 Å². The molecular formula is C21H20Cl2FN5O3. The third kappa shape index (κ3) is 4.64. The highest BCUT2D eigenvalue weighted by molar-refractivity contribution is 6.42. The molecule has 0 spiro atoms. The summed E-state index contributed by atoms with van der Waals surface area (Å²) in [7, 11) is 3.39. The topological polar surface area (TPSA) is 88.6 Å². The predicted octanol–water partition coefficient (Wildman–Crippen LogP) is 3.64. The third-order valence-corrected chi connectivity index (χ3v) is 5.74. The largest absolute Gasteiger partial charge is 0.493 e. The Morgan fingerprint density at radius 1 is 1.28 bits per heavy atom. The average molecular weight is 480 g/mol. The van der Waals surface area contributed by atoms with Gasteiger partial charge in [-0.2, -0.15) is 0 Å². The molecule has 2 aromatic carbocycles. The van der Waals surface area contributed by atoms with Crippen LogP contribution in [0.5, 0.6) is 11.5 Å². The summed E-state index contributed by atoms with van der Waals surface area (Å²) in [5, 5.41) is 6.36. The van der Waals surface area contributed by atoms with Gasteiger partial charge in [-0.3, -0.25) is 9.69 Å². The van der Waals surface area contributed by atoms with Gasteiger partial charge in [-0.25, -0.2) is 14.4 Å². The fourth-order valence-corrected chi connectivity index (χ4v) is 3.79. The number of anilines is 2. The average Bonchev–Trinajstić information content (AvgIpc) is 2.77. The molecule has 0 radical (unpaired) electrons. The van der Waals surface area contributed by atoms with Gasteiger partial charge in [0.15, 0.2) is 17.3 Å². The maximum atomic E-state index is 14.5. The van der Waals surface area contributed by atoms with Crippen LogP contribution in [0.3, 0.4) is 0 Å². The van der Waals surface area contributed by atoms with E-state index in [1.807, 2.05) is 11.9 Å². The van der Waals surface area contributed by atoms with Crippen LogP contribution < -0.4 is 20.1 Å². The fraction of sp³-hybridized carbons (Fsp3) is 0.286. The van der Waals surface area contributed by atoms with E-state index in [2.05, 4.69) is 20.6 Å². The summed E-state index contributed by atoms with van der Waals surface area (Å²) in [6.45, 7) is 1.30. The number of nitrogens with one attached hydrogen (secondary N) is 2. The molecule has 1 amide bonds. The van der Waals surface area contributed by atoms with E-state index in [0.29, 0.717) is 41.3 Å². The monoisotopic (exact) mass is 479 g/mol. The number of fused-ring (bicyclic) bond motifs is 1. The van der Waals surface area contributed by atoms with Gasteiger partial charge in [-0.1, -0.05) is 23.2 Å². The number of methoxy groups -OCH3 is 1. The van der Waals surface area contributed by atoms with E-state index in [1.165, 1.54) is 25.6 Å². The van der Waals surface area contributed by atoms with Crippen molar-refractivity contribution in [2.24, 2.45) is 0 Å². The van der Waals surface area contributed by atoms with Crippen molar-refractivity contribution in [1.29, 1.82) is 0 Å². The van der Waals surface area contributed by atoms with Crippen LogP contribution in [0.25, 0.3) is 10.9 Å². The maximum Gasteiger partial charge on any atom is 0.234 e. The van der Waals surface area contributed by atoms with Crippen LogP contribution in [0, 0.1) is 5.82 Å². The zero-order valence-electron chi connectivity index (χ0n) is 17.3. The number of amides is 1. The van der Waals surface area contributed by atoms with E-state index in [4.69, 9.17) is 32.7 Å². The SMILES string of the molecule is COc1cc2c(Nc3ccc(Cl)c(Cl)c3F)ncnc2cc1OC[C@@H]1CN(C)CC(=O)N1. The molecule has 2 heterocycles. The highest BCUT2D eigenvalue weighted by atomic mass is 35.5. The van der Waals surface area contributed by atoms with Crippen molar-refractivity contribution in [2.75, 3.05) is 39.2 Å². The van der Waals surface area contributed by atoms with Crippen molar-refractivity contribution in [1.82, 2.24) is 20.2 Å². The molecule has 11 heteroatoms. The van der Waals surface area contributed by atoms with Crippen molar-refractivity contribution in [3.63, 3.8) is 0 Å². The van der Waals surface area contributed by atoms with E-state index in [1.54, 1.807) is 12.1 Å². The highest BCUT2D eigenvalue weighted by Gasteiger charge is 2.23. The Hall–Kier alpha value is -2.88. The molecular weight excluding hydrogens is 460 g/mol. The summed E-state index contributed by atoms with van der Waals surface area (Å²) in [6.07, 6.45) is 1.35. The van der Waals surface area contributed by atoms with E-state index in [9.17, 15) is 9.18 Å². The van der Waals surface area contributed by atoms with Crippen LogP contribution in [-0.2, 0) is 4.79 Å². The number of likely N-dealkylation sites (N-methyl/N-ethyl adjacent to an activating group) is 1. The first kappa shape index (κ1) is 22.3. The molecule has 0 saturated carbocycles. The normalized spacial score (nSPS) is 16.7. The number of piperazine rings is 1. The van der Waals surface area contributed by atoms with Crippen LogP contribution in [0.1, 0.15) is 0 Å². The number of carbonyl (C=O) groups is 1. The number of nitrogens with zero attached hydrogens (tertiary/aromatic N) is 3. The Morgan fingerprint density at radius 3 is 2.84 bits per heavy atom. The molecule has 1 saturated heterocycles. The smallest absolute Gasteiger partial charge is 0.234 e. The van der Waals surface area contributed by atoms with Crippen LogP contribution in [-0.4, -0.2) is 60.7 Å². The first-order chi connectivity index (χ1) is 15.4. The molecule has 0 bridgehead atoms. The summed E-state index contributed by atoms with van der Waals surface area (Å²) in [6, 6.07) is 6.23. The maximum absolute atomic E-state index is 14.5. The third-order valence-electron chi connectivity index (χ3n) is 4.96. The molecule has 1 aromatic heterocycles. The van der Waals surface area contributed by atoms with Crippen molar-refractivity contribution >= 4 is 51.5 Å². The molecule has 0 aliphatic carbocycles. The molecule has 1 aliphatic rings. The van der Waals surface area contributed by atoms with Gasteiger partial charge in [0.2, 0.25) is 5.91 Å². The Bertz CT molecular complexity index is 1180. The van der Waals surface area contributed by atoms with E-state index < -0.39 is 5.82 Å². The number of halogens is 3. The number of carbonyl (C=O) groups excluding carboxylic acids is 1. The molecule has 168 valence electrons. The minimum Gasteiger partial charge on any atom is -0.493 e. The summed E-state index contributed by atoms with van der Waals surface area (Å²) in [5.41, 5.74) is 0.680. The quantitative estimate of drug-likeness (QED) is 0.521. The lowest BCUT2D eigenvalue weighted by Gasteiger charge is -2.30. The summed E-state index contributed by atoms with van der Waals surface area (Å²) < 4.78 is 25.9. The Balaban J connectivity index is 1.61. The molecule has 3 aromatic rings. The summed E-state index contributed by atoms with van der Waals surface area (Å²) >= 11 is 11.8. The Kier molecular flexibility index (Phi) is 6.50. The van der Waals surface area contributed by atoms with E-state index in [0.717, 1.165) is 0 Å². The number of aromatic nitrogens is 2. The molecule has 1 aliphatic heterocycles. The van der Waals surface area contributed by atoms with Crippen molar-refractivity contribution in [3.05, 3.63) is 46.5 Å². The lowest BCUT2D eigenvalue weighted by molar-refractivity contribution is -0.125. The lowest BCUT2D eigenvalue weighted by Crippen LogP contribution is -2.54. The van der Waals surface area contributed by atoms with Crippen molar-refractivity contribution in [3.8, 4) is 11.5 Å². The molecule has 4 rings (SSSR count). The number of ether oxygens (including phenoxy) is 2. The van der Waals surface area contributed by atoms with Crippen molar-refractivity contribution < 1.29 is 18.7 Å². The summed E-state index contributed by atoms with van der Waals surface area (Å²) in [4.78, 5) is 22.2. The molecule has 1 atom stereocenters. The number of rotatable bonds is 6. The van der Waals surface area contributed by atoms with Crippen LogP contribution >= 0.6 is 23.2 Å². The number of hydrogen-bond acceptors (Lipinski definition) is 7. The van der Waals surface area contributed by atoms with Gasteiger partial charge in [-0.05, 0) is 25.2 Å². The second-order valence-electron chi connectivity index (χ2n) is 7.36. The minimum atomic E-state index is -0.683. The zero-order chi connectivity index (χ0) is 22.8. The molecule has 32 heavy (non-hydrogen) atoms. The van der Waals surface area contributed by atoms with Gasteiger partial charge in [0.1, 0.15) is 18.8 Å². The van der Waals surface area contributed by atoms with E-state index >= 15 is 0 Å². The van der Waals surface area contributed by atoms with Gasteiger partial charge in [0.25, 0.3) is 0 Å². The second-order valence-corrected chi connectivity index (χ2v) is 8.15. The van der Waals surface area contributed by atoms with Gasteiger partial charge < -0.3 is 20.1 Å². The second kappa shape index (κ2) is 9.32. The van der Waals surface area contributed by atoms with Crippen LogP contribution in [0.2, 0.25) is 10.0 Å². The lowest BCUT2D eigenvalue weighted by atomic mass is 10.2. The molecule has 0 unspecified atom stereocenters. The summed E-state index contributed by atoms with van der Waals surface area (Å²) in [5.74, 6) is 0.541. The molecule has 2 N–H and O–H groups in total. The van der Waals surface area contributed by atoms with Gasteiger partial charge in [-0.15, -0.1) is 0 Å². The van der Waals surface area contributed by atoms with E-state index in [-0.39, 0.29) is 34.3 Å². The fourth-order valence-electron chi connectivity index (χ4n) is 3.48. The molecule has 1 fully saturated rings. The van der Waals surface area contributed by atoms with Gasteiger partial charge in [0.05, 0.1) is 40.9 Å². The van der Waals surface area contributed by atoms with Gasteiger partial charge >= 0.3 is 0 Å². The zero-order valence-corrected chi connectivity index (χ0v) is 18.8. The standard InChI is InChI=1S/C21H20Cl2FN5O3/c1-29-7-11(27-18(30)8-29)9-32-17-6-15-12(5-16(17)31-2)21(26-10-25-15)28-14-4-3-13(22)19(23)20(14)24/h3-6,10-11H,7-9H2,1-2H3,(H,27,30)(H,25,26,28)/t11-/m0/s1. The van der Waals surface area contributed by atoms with Gasteiger partial charge in [0, 0.05) is 18.0 Å². The number of hydrogen-bond donors (Lipinski definition) is 2. The predicted molar refractivity (Wildman–Crippen MR) is 121 cm³/mol. The minimum absolute atomic E-state index is 0.0455. The van der Waals surface area contributed by atoms with Crippen molar-refractivity contribution in [2.45, 2.75) is 6.04 Å². The van der Waals surface area contributed by atoms with Crippen LogP contribution in [0.15, 0.2) is 30.6 Å². The van der Waals surface area contributed by atoms with Crippen LogP contribution in [0.4, 0.5) is 15.9 Å². The Morgan fingerprint density at radius 2 is 2.09 bits per heavy atom. The first-order valence-electron chi connectivity index (χ1n) is 9.69.